The molecule has 2 nitrogen and oxygen atoms in total. The second kappa shape index (κ2) is 6.58. The summed E-state index contributed by atoms with van der Waals surface area (Å²) in [4.78, 5) is 4.04. The van der Waals surface area contributed by atoms with E-state index < -0.39 is 0 Å². The predicted molar refractivity (Wildman–Crippen MR) is 78.9 cm³/mol. The van der Waals surface area contributed by atoms with Crippen molar-refractivity contribution < 1.29 is 4.74 Å². The number of benzene rings is 1. The molecule has 0 aliphatic rings. The van der Waals surface area contributed by atoms with Gasteiger partial charge in [0.05, 0.1) is 12.0 Å². The Bertz CT molecular complexity index is 515. The zero-order valence-electron chi connectivity index (χ0n) is 11.2. The number of rotatable bonds is 5. The third-order valence-corrected chi connectivity index (χ3v) is 3.80. The van der Waals surface area contributed by atoms with E-state index in [4.69, 9.17) is 16.3 Å². The first-order chi connectivity index (χ1) is 9.24. The molecule has 0 fully saturated rings. The number of hydrogen-bond acceptors (Lipinski definition) is 2. The van der Waals surface area contributed by atoms with E-state index in [9.17, 15) is 0 Å². The first kappa shape index (κ1) is 13.9. The lowest BCUT2D eigenvalue weighted by molar-refractivity contribution is 0.335. The lowest BCUT2D eigenvalue weighted by Crippen LogP contribution is -2.05. The molecule has 3 heteroatoms. The normalized spacial score (nSPS) is 13.8. The van der Waals surface area contributed by atoms with Gasteiger partial charge in [-0.15, -0.1) is 11.6 Å². The van der Waals surface area contributed by atoms with Gasteiger partial charge >= 0.3 is 0 Å². The second-order valence-corrected chi connectivity index (χ2v) is 4.91. The fraction of sp³-hybridized carbons (Fsp3) is 0.312. The van der Waals surface area contributed by atoms with Crippen molar-refractivity contribution in [2.45, 2.75) is 25.1 Å². The molecule has 0 aliphatic carbocycles. The zero-order valence-corrected chi connectivity index (χ0v) is 12.0. The Labute approximate surface area is 119 Å². The Morgan fingerprint density at radius 3 is 2.53 bits per heavy atom. The third kappa shape index (κ3) is 3.27. The quantitative estimate of drug-likeness (QED) is 0.746. The van der Waals surface area contributed by atoms with E-state index in [1.54, 1.807) is 12.4 Å². The van der Waals surface area contributed by atoms with Gasteiger partial charge in [-0.05, 0) is 30.7 Å². The van der Waals surface area contributed by atoms with E-state index in [0.717, 1.165) is 11.3 Å². The number of para-hydroxylation sites is 1. The van der Waals surface area contributed by atoms with Crippen LogP contribution in [0.15, 0.2) is 48.8 Å². The minimum Gasteiger partial charge on any atom is -0.494 e. The number of hydrogen-bond donors (Lipinski definition) is 0. The highest BCUT2D eigenvalue weighted by Gasteiger charge is 2.21. The Hall–Kier alpha value is -1.54. The van der Waals surface area contributed by atoms with Gasteiger partial charge in [0.2, 0.25) is 0 Å². The zero-order chi connectivity index (χ0) is 13.7. The number of ether oxygens (including phenoxy) is 1. The molecular formula is C16H18ClNO. The first-order valence-corrected chi connectivity index (χ1v) is 6.93. The van der Waals surface area contributed by atoms with Crippen molar-refractivity contribution >= 4 is 11.6 Å². The van der Waals surface area contributed by atoms with Crippen molar-refractivity contribution in [1.29, 1.82) is 0 Å². The molecule has 0 N–H and O–H groups in total. The monoisotopic (exact) mass is 275 g/mol. The van der Waals surface area contributed by atoms with Gasteiger partial charge in [-0.2, -0.15) is 0 Å². The van der Waals surface area contributed by atoms with E-state index in [-0.39, 0.29) is 11.3 Å². The molecule has 100 valence electrons. The number of alkyl halides is 1. The number of aromatic nitrogens is 1. The smallest absolute Gasteiger partial charge is 0.123 e. The van der Waals surface area contributed by atoms with Crippen molar-refractivity contribution in [3.63, 3.8) is 0 Å². The van der Waals surface area contributed by atoms with Gasteiger partial charge in [0.15, 0.2) is 0 Å². The fourth-order valence-electron chi connectivity index (χ4n) is 2.10. The van der Waals surface area contributed by atoms with Gasteiger partial charge in [-0.1, -0.05) is 25.1 Å². The average molecular weight is 276 g/mol. The topological polar surface area (TPSA) is 22.1 Å². The Kier molecular flexibility index (Phi) is 4.80. The van der Waals surface area contributed by atoms with Crippen LogP contribution in [0, 0.1) is 0 Å². The van der Waals surface area contributed by atoms with E-state index in [2.05, 4.69) is 11.9 Å². The third-order valence-electron chi connectivity index (χ3n) is 3.19. The van der Waals surface area contributed by atoms with Crippen molar-refractivity contribution in [3.05, 3.63) is 59.9 Å². The van der Waals surface area contributed by atoms with Gasteiger partial charge in [-0.3, -0.25) is 4.98 Å². The Morgan fingerprint density at radius 1 is 1.16 bits per heavy atom. The predicted octanol–water partition coefficient (Wildman–Crippen LogP) is 4.56. The number of pyridine rings is 1. The molecule has 0 amide bonds. The summed E-state index contributed by atoms with van der Waals surface area (Å²) in [6.45, 7) is 4.74. The maximum absolute atomic E-state index is 6.63. The van der Waals surface area contributed by atoms with Gasteiger partial charge in [0, 0.05) is 23.9 Å². The summed E-state index contributed by atoms with van der Waals surface area (Å²) in [5.41, 5.74) is 2.22. The summed E-state index contributed by atoms with van der Waals surface area (Å²) in [5, 5.41) is -0.120. The van der Waals surface area contributed by atoms with E-state index >= 15 is 0 Å². The minimum absolute atomic E-state index is 0.120. The van der Waals surface area contributed by atoms with Crippen LogP contribution in [0.2, 0.25) is 0 Å². The molecule has 0 spiro atoms. The Balaban J connectivity index is 2.26. The standard InChI is InChI=1S/C16H18ClNO/c1-3-19-15-7-5-4-6-14(15)16(17)12(2)13-8-10-18-11-9-13/h4-12,16H,3H2,1-2H3. The maximum atomic E-state index is 6.63. The molecule has 2 atom stereocenters. The molecule has 0 saturated carbocycles. The van der Waals surface area contributed by atoms with Crippen LogP contribution in [-0.2, 0) is 0 Å². The van der Waals surface area contributed by atoms with Crippen molar-refractivity contribution in [2.75, 3.05) is 6.61 Å². The van der Waals surface area contributed by atoms with Crippen molar-refractivity contribution in [1.82, 2.24) is 4.98 Å². The molecule has 2 rings (SSSR count). The summed E-state index contributed by atoms with van der Waals surface area (Å²) in [6, 6.07) is 12.0. The molecule has 0 bridgehead atoms. The largest absolute Gasteiger partial charge is 0.494 e. The molecule has 2 aromatic rings. The second-order valence-electron chi connectivity index (χ2n) is 4.44. The van der Waals surface area contributed by atoms with E-state index in [0.29, 0.717) is 6.61 Å². The van der Waals surface area contributed by atoms with Gasteiger partial charge < -0.3 is 4.74 Å². The lowest BCUT2D eigenvalue weighted by Gasteiger charge is -2.21. The highest BCUT2D eigenvalue weighted by Crippen LogP contribution is 2.39. The van der Waals surface area contributed by atoms with Crippen LogP contribution < -0.4 is 4.74 Å². The SMILES string of the molecule is CCOc1ccccc1C(Cl)C(C)c1ccncc1. The molecule has 19 heavy (non-hydrogen) atoms. The van der Waals surface area contributed by atoms with Crippen LogP contribution >= 0.6 is 11.6 Å². The number of halogens is 1. The number of nitrogens with zero attached hydrogens (tertiary/aromatic N) is 1. The highest BCUT2D eigenvalue weighted by atomic mass is 35.5. The van der Waals surface area contributed by atoms with Crippen LogP contribution in [-0.4, -0.2) is 11.6 Å². The summed E-state index contributed by atoms with van der Waals surface area (Å²) in [7, 11) is 0. The first-order valence-electron chi connectivity index (χ1n) is 6.49. The molecule has 0 radical (unpaired) electrons. The molecule has 0 saturated heterocycles. The summed E-state index contributed by atoms with van der Waals surface area (Å²) < 4.78 is 5.65. The Morgan fingerprint density at radius 2 is 1.84 bits per heavy atom. The molecular weight excluding hydrogens is 258 g/mol. The van der Waals surface area contributed by atoms with Crippen LogP contribution in [0.4, 0.5) is 0 Å². The van der Waals surface area contributed by atoms with Gasteiger partial charge in [0.1, 0.15) is 5.75 Å². The lowest BCUT2D eigenvalue weighted by atomic mass is 9.93. The molecule has 1 aromatic heterocycles. The highest BCUT2D eigenvalue weighted by molar-refractivity contribution is 6.21. The molecule has 1 aromatic carbocycles. The van der Waals surface area contributed by atoms with Crippen molar-refractivity contribution in [3.8, 4) is 5.75 Å². The summed E-state index contributed by atoms with van der Waals surface area (Å²) >= 11 is 6.63. The van der Waals surface area contributed by atoms with Crippen molar-refractivity contribution in [2.24, 2.45) is 0 Å². The summed E-state index contributed by atoms with van der Waals surface area (Å²) in [5.74, 6) is 1.07. The van der Waals surface area contributed by atoms with Crippen LogP contribution in [0.25, 0.3) is 0 Å². The molecule has 2 unspecified atom stereocenters. The fourth-order valence-corrected chi connectivity index (χ4v) is 2.43. The van der Waals surface area contributed by atoms with E-state index in [1.807, 2.05) is 43.3 Å². The van der Waals surface area contributed by atoms with E-state index in [1.165, 1.54) is 5.56 Å². The summed E-state index contributed by atoms with van der Waals surface area (Å²) in [6.07, 6.45) is 3.59. The maximum Gasteiger partial charge on any atom is 0.123 e. The van der Waals surface area contributed by atoms with Gasteiger partial charge in [-0.25, -0.2) is 0 Å². The van der Waals surface area contributed by atoms with Crippen LogP contribution in [0.1, 0.15) is 36.3 Å². The minimum atomic E-state index is -0.120. The molecule has 1 heterocycles. The molecule has 0 aliphatic heterocycles. The van der Waals surface area contributed by atoms with Crippen LogP contribution in [0.5, 0.6) is 5.75 Å². The van der Waals surface area contributed by atoms with Crippen LogP contribution in [0.3, 0.4) is 0 Å². The average Bonchev–Trinajstić information content (AvgIpc) is 2.47. The van der Waals surface area contributed by atoms with Gasteiger partial charge in [0.25, 0.3) is 0 Å².